The van der Waals surface area contributed by atoms with Crippen LogP contribution in [0.3, 0.4) is 0 Å². The molecule has 1 fully saturated rings. The van der Waals surface area contributed by atoms with Crippen molar-refractivity contribution >= 4 is 16.9 Å². The van der Waals surface area contributed by atoms with Crippen molar-refractivity contribution in [2.45, 2.75) is 44.6 Å². The molecule has 1 heterocycles. The van der Waals surface area contributed by atoms with E-state index in [9.17, 15) is 9.90 Å². The monoisotopic (exact) mass is 425 g/mol. The van der Waals surface area contributed by atoms with Crippen LogP contribution in [-0.2, 0) is 11.2 Å². The molecule has 1 aliphatic rings. The summed E-state index contributed by atoms with van der Waals surface area (Å²) in [4.78, 5) is 15.1. The molecule has 4 nitrogen and oxygen atoms in total. The first-order valence-corrected chi connectivity index (χ1v) is 11.4. The van der Waals surface area contributed by atoms with Gasteiger partial charge in [0.05, 0.1) is 18.2 Å². The lowest BCUT2D eigenvalue weighted by molar-refractivity contribution is -0.136. The number of aromatic amines is 1. The first kappa shape index (κ1) is 20.4. The predicted octanol–water partition coefficient (Wildman–Crippen LogP) is 6.84. The number of hydrogen-bond donors (Lipinski definition) is 2. The Labute approximate surface area is 187 Å². The van der Waals surface area contributed by atoms with Gasteiger partial charge in [-0.25, -0.2) is 0 Å². The Morgan fingerprint density at radius 1 is 0.875 bits per heavy atom. The minimum Gasteiger partial charge on any atom is -0.490 e. The number of aliphatic carboxylic acids is 1. The molecule has 1 aliphatic carbocycles. The zero-order valence-corrected chi connectivity index (χ0v) is 18.0. The first-order chi connectivity index (χ1) is 15.7. The summed E-state index contributed by atoms with van der Waals surface area (Å²) in [6, 6.07) is 24.5. The molecule has 0 bridgehead atoms. The first-order valence-electron chi connectivity index (χ1n) is 11.4. The highest BCUT2D eigenvalue weighted by Crippen LogP contribution is 2.35. The van der Waals surface area contributed by atoms with Crippen molar-refractivity contribution < 1.29 is 14.6 Å². The molecule has 1 saturated carbocycles. The summed E-state index contributed by atoms with van der Waals surface area (Å²) >= 11 is 0. The molecular formula is C28H27NO3. The molecule has 2 N–H and O–H groups in total. The number of aromatic nitrogens is 1. The zero-order valence-electron chi connectivity index (χ0n) is 18.0. The molecule has 3 aromatic carbocycles. The number of hydrogen-bond acceptors (Lipinski definition) is 2. The number of benzene rings is 3. The molecule has 5 rings (SSSR count). The van der Waals surface area contributed by atoms with Gasteiger partial charge in [-0.1, -0.05) is 61.0 Å². The van der Waals surface area contributed by atoms with Crippen LogP contribution in [0.25, 0.3) is 33.3 Å². The number of H-pyrrole nitrogens is 1. The van der Waals surface area contributed by atoms with E-state index in [0.717, 1.165) is 57.4 Å². The van der Waals surface area contributed by atoms with Gasteiger partial charge in [-0.3, -0.25) is 4.79 Å². The standard InChI is InChI=1S/C28H27NO3/c30-27(31)18-25-24-17-23(32-22-9-5-2-6-10-22)15-16-26(24)29-28(25)21-13-11-20(12-14-21)19-7-3-1-4-8-19/h1,3-4,7-8,11-17,22,29H,2,5-6,9-10,18H2,(H,30,31). The molecule has 0 atom stereocenters. The van der Waals surface area contributed by atoms with Crippen LogP contribution in [0.2, 0.25) is 0 Å². The Hall–Kier alpha value is -3.53. The Bertz CT molecular complexity index is 1220. The molecule has 4 heteroatoms. The Balaban J connectivity index is 1.51. The van der Waals surface area contributed by atoms with Crippen LogP contribution >= 0.6 is 0 Å². The van der Waals surface area contributed by atoms with Gasteiger partial charge in [0.2, 0.25) is 0 Å². The largest absolute Gasteiger partial charge is 0.490 e. The summed E-state index contributed by atoms with van der Waals surface area (Å²) in [6.45, 7) is 0. The van der Waals surface area contributed by atoms with Gasteiger partial charge in [-0.15, -0.1) is 0 Å². The number of ether oxygens (including phenoxy) is 1. The molecule has 0 unspecified atom stereocenters. The van der Waals surface area contributed by atoms with Crippen molar-refractivity contribution in [1.82, 2.24) is 4.98 Å². The van der Waals surface area contributed by atoms with Gasteiger partial charge in [0.15, 0.2) is 0 Å². The summed E-state index contributed by atoms with van der Waals surface area (Å²) < 4.78 is 6.24. The van der Waals surface area contributed by atoms with Gasteiger partial charge in [-0.2, -0.15) is 0 Å². The number of carbonyl (C=O) groups is 1. The van der Waals surface area contributed by atoms with E-state index in [1.807, 2.05) is 36.4 Å². The summed E-state index contributed by atoms with van der Waals surface area (Å²) in [6.07, 6.45) is 6.11. The Morgan fingerprint density at radius 3 is 2.28 bits per heavy atom. The zero-order chi connectivity index (χ0) is 21.9. The topological polar surface area (TPSA) is 62.3 Å². The smallest absolute Gasteiger partial charge is 0.307 e. The number of carboxylic acid groups (broad SMARTS) is 1. The van der Waals surface area contributed by atoms with Crippen molar-refractivity contribution in [3.8, 4) is 28.1 Å². The van der Waals surface area contributed by atoms with Crippen molar-refractivity contribution in [1.29, 1.82) is 0 Å². The SMILES string of the molecule is O=C(O)Cc1c(-c2ccc(-c3ccccc3)cc2)[nH]c2ccc(OC3CCCCC3)cc12. The average Bonchev–Trinajstić information content (AvgIpc) is 3.17. The lowest BCUT2D eigenvalue weighted by atomic mass is 9.97. The van der Waals surface area contributed by atoms with Crippen LogP contribution in [0.5, 0.6) is 5.75 Å². The van der Waals surface area contributed by atoms with Gasteiger partial charge >= 0.3 is 5.97 Å². The Kier molecular flexibility index (Phi) is 5.68. The molecular weight excluding hydrogens is 398 g/mol. The summed E-state index contributed by atoms with van der Waals surface area (Å²) in [5, 5.41) is 10.5. The van der Waals surface area contributed by atoms with Gasteiger partial charge in [0.25, 0.3) is 0 Å². The Morgan fingerprint density at radius 2 is 1.56 bits per heavy atom. The minimum atomic E-state index is -0.841. The van der Waals surface area contributed by atoms with E-state index in [2.05, 4.69) is 41.4 Å². The molecule has 0 saturated heterocycles. The van der Waals surface area contributed by atoms with Gasteiger partial charge in [0, 0.05) is 10.9 Å². The third-order valence-electron chi connectivity index (χ3n) is 6.34. The minimum absolute atomic E-state index is 0.0390. The maximum absolute atomic E-state index is 11.7. The lowest BCUT2D eigenvalue weighted by Gasteiger charge is -2.23. The normalized spacial score (nSPS) is 14.5. The molecule has 0 aliphatic heterocycles. The molecule has 1 aromatic heterocycles. The number of rotatable bonds is 6. The molecule has 32 heavy (non-hydrogen) atoms. The fraction of sp³-hybridized carbons (Fsp3) is 0.250. The van der Waals surface area contributed by atoms with E-state index in [1.165, 1.54) is 19.3 Å². The maximum atomic E-state index is 11.7. The predicted molar refractivity (Wildman–Crippen MR) is 128 cm³/mol. The second-order valence-corrected chi connectivity index (χ2v) is 8.58. The van der Waals surface area contributed by atoms with Crippen LogP contribution in [0, 0.1) is 0 Å². The third kappa shape index (κ3) is 4.26. The summed E-state index contributed by atoms with van der Waals surface area (Å²) in [5.41, 5.74) is 5.86. The van der Waals surface area contributed by atoms with E-state index >= 15 is 0 Å². The lowest BCUT2D eigenvalue weighted by Crippen LogP contribution is -2.19. The quantitative estimate of drug-likeness (QED) is 0.355. The highest BCUT2D eigenvalue weighted by molar-refractivity contribution is 5.94. The van der Waals surface area contributed by atoms with E-state index in [4.69, 9.17) is 4.74 Å². The number of carboxylic acids is 1. The molecule has 0 radical (unpaired) electrons. The van der Waals surface area contributed by atoms with Gasteiger partial charge in [0.1, 0.15) is 5.75 Å². The van der Waals surface area contributed by atoms with Crippen molar-refractivity contribution in [3.63, 3.8) is 0 Å². The molecule has 4 aromatic rings. The maximum Gasteiger partial charge on any atom is 0.307 e. The van der Waals surface area contributed by atoms with Crippen LogP contribution < -0.4 is 4.74 Å². The highest BCUT2D eigenvalue weighted by atomic mass is 16.5. The van der Waals surface area contributed by atoms with Crippen LogP contribution in [-0.4, -0.2) is 22.2 Å². The summed E-state index contributed by atoms with van der Waals surface area (Å²) in [7, 11) is 0. The summed E-state index contributed by atoms with van der Waals surface area (Å²) in [5.74, 6) is -0.0207. The number of fused-ring (bicyclic) bond motifs is 1. The third-order valence-corrected chi connectivity index (χ3v) is 6.34. The van der Waals surface area contributed by atoms with E-state index < -0.39 is 5.97 Å². The van der Waals surface area contributed by atoms with Gasteiger partial charge in [-0.05, 0) is 66.1 Å². The van der Waals surface area contributed by atoms with Crippen LogP contribution in [0.4, 0.5) is 0 Å². The van der Waals surface area contributed by atoms with Crippen molar-refractivity contribution in [3.05, 3.63) is 78.4 Å². The van der Waals surface area contributed by atoms with E-state index in [-0.39, 0.29) is 12.5 Å². The fourth-order valence-electron chi connectivity index (χ4n) is 4.72. The second-order valence-electron chi connectivity index (χ2n) is 8.58. The molecule has 162 valence electrons. The van der Waals surface area contributed by atoms with Gasteiger partial charge < -0.3 is 14.8 Å². The molecule has 0 spiro atoms. The van der Waals surface area contributed by atoms with E-state index in [0.29, 0.717) is 0 Å². The fourth-order valence-corrected chi connectivity index (χ4v) is 4.72. The molecule has 0 amide bonds. The van der Waals surface area contributed by atoms with E-state index in [1.54, 1.807) is 0 Å². The average molecular weight is 426 g/mol. The van der Waals surface area contributed by atoms with Crippen LogP contribution in [0.1, 0.15) is 37.7 Å². The van der Waals surface area contributed by atoms with Crippen LogP contribution in [0.15, 0.2) is 72.8 Å². The second kappa shape index (κ2) is 8.91. The number of nitrogens with one attached hydrogen (secondary N) is 1. The van der Waals surface area contributed by atoms with Crippen molar-refractivity contribution in [2.24, 2.45) is 0 Å². The van der Waals surface area contributed by atoms with Crippen molar-refractivity contribution in [2.75, 3.05) is 0 Å². The highest BCUT2D eigenvalue weighted by Gasteiger charge is 2.19.